The zero-order valence-corrected chi connectivity index (χ0v) is 14.5. The normalized spacial score (nSPS) is 12.5. The standard InChI is InChI=1S/C16H19N5OS/c1-5-13-17-15(22-20-13)11(3)23-16-19-18-14(21(16)4)12-8-6-7-10(2)9-12/h6-9,11H,5H2,1-4H3. The Balaban J connectivity index is 1.82. The van der Waals surface area contributed by atoms with Crippen LogP contribution < -0.4 is 0 Å². The van der Waals surface area contributed by atoms with Crippen LogP contribution in [-0.4, -0.2) is 24.9 Å². The first-order valence-electron chi connectivity index (χ1n) is 7.54. The van der Waals surface area contributed by atoms with E-state index in [0.29, 0.717) is 5.89 Å². The SMILES string of the molecule is CCc1noc(C(C)Sc2nnc(-c3cccc(C)c3)n2C)n1. The summed E-state index contributed by atoms with van der Waals surface area (Å²) in [7, 11) is 1.97. The monoisotopic (exact) mass is 329 g/mol. The van der Waals surface area contributed by atoms with Crippen molar-refractivity contribution in [1.82, 2.24) is 24.9 Å². The van der Waals surface area contributed by atoms with E-state index in [0.717, 1.165) is 28.8 Å². The smallest absolute Gasteiger partial charge is 0.239 e. The van der Waals surface area contributed by atoms with Gasteiger partial charge in [0.15, 0.2) is 16.8 Å². The van der Waals surface area contributed by atoms with Gasteiger partial charge in [0.25, 0.3) is 0 Å². The molecule has 0 aliphatic carbocycles. The first-order valence-corrected chi connectivity index (χ1v) is 8.42. The predicted molar refractivity (Wildman–Crippen MR) is 89.1 cm³/mol. The highest BCUT2D eigenvalue weighted by Crippen LogP contribution is 2.34. The molecule has 0 fully saturated rings. The molecule has 0 radical (unpaired) electrons. The van der Waals surface area contributed by atoms with E-state index >= 15 is 0 Å². The van der Waals surface area contributed by atoms with Crippen LogP contribution >= 0.6 is 11.8 Å². The molecule has 0 amide bonds. The van der Waals surface area contributed by atoms with E-state index in [2.05, 4.69) is 39.4 Å². The number of rotatable bonds is 5. The van der Waals surface area contributed by atoms with Crippen LogP contribution in [-0.2, 0) is 13.5 Å². The van der Waals surface area contributed by atoms with Gasteiger partial charge in [0.1, 0.15) is 0 Å². The van der Waals surface area contributed by atoms with Gasteiger partial charge in [0, 0.05) is 19.0 Å². The number of nitrogens with zero attached hydrogens (tertiary/aromatic N) is 5. The van der Waals surface area contributed by atoms with Crippen LogP contribution in [0, 0.1) is 6.92 Å². The second-order valence-corrected chi connectivity index (χ2v) is 6.71. The number of benzene rings is 1. The molecule has 3 aromatic rings. The Kier molecular flexibility index (Phi) is 4.47. The van der Waals surface area contributed by atoms with Gasteiger partial charge in [0.05, 0.1) is 5.25 Å². The molecule has 1 atom stereocenters. The van der Waals surface area contributed by atoms with Crippen molar-refractivity contribution < 1.29 is 4.52 Å². The molecular formula is C16H19N5OS. The van der Waals surface area contributed by atoms with Crippen LogP contribution in [0.2, 0.25) is 0 Å². The van der Waals surface area contributed by atoms with Gasteiger partial charge in [-0.05, 0) is 19.9 Å². The van der Waals surface area contributed by atoms with E-state index in [1.165, 1.54) is 5.56 Å². The van der Waals surface area contributed by atoms with Crippen molar-refractivity contribution in [1.29, 1.82) is 0 Å². The molecule has 7 heteroatoms. The first kappa shape index (κ1) is 15.7. The van der Waals surface area contributed by atoms with Crippen molar-refractivity contribution >= 4 is 11.8 Å². The Labute approximate surface area is 139 Å². The fraction of sp³-hybridized carbons (Fsp3) is 0.375. The molecule has 0 bridgehead atoms. The second-order valence-electron chi connectivity index (χ2n) is 5.40. The van der Waals surface area contributed by atoms with Crippen LogP contribution in [0.15, 0.2) is 33.9 Å². The van der Waals surface area contributed by atoms with Gasteiger partial charge in [-0.25, -0.2) is 0 Å². The maximum atomic E-state index is 5.30. The summed E-state index contributed by atoms with van der Waals surface area (Å²) in [5, 5.41) is 13.4. The summed E-state index contributed by atoms with van der Waals surface area (Å²) in [5.41, 5.74) is 2.26. The topological polar surface area (TPSA) is 69.6 Å². The molecule has 0 aliphatic rings. The van der Waals surface area contributed by atoms with Crippen LogP contribution in [0.4, 0.5) is 0 Å². The lowest BCUT2D eigenvalue weighted by Gasteiger charge is -2.07. The zero-order chi connectivity index (χ0) is 16.4. The van der Waals surface area contributed by atoms with Crippen LogP contribution in [0.5, 0.6) is 0 Å². The molecule has 120 valence electrons. The van der Waals surface area contributed by atoms with Gasteiger partial charge in [-0.3, -0.25) is 0 Å². The molecule has 23 heavy (non-hydrogen) atoms. The van der Waals surface area contributed by atoms with Crippen LogP contribution in [0.1, 0.15) is 36.4 Å². The summed E-state index contributed by atoms with van der Waals surface area (Å²) < 4.78 is 7.29. The number of aryl methyl sites for hydroxylation is 2. The fourth-order valence-corrected chi connectivity index (χ4v) is 3.08. The average molecular weight is 329 g/mol. The number of hydrogen-bond donors (Lipinski definition) is 0. The lowest BCUT2D eigenvalue weighted by atomic mass is 10.1. The van der Waals surface area contributed by atoms with Crippen molar-refractivity contribution in [3.05, 3.63) is 41.5 Å². The minimum atomic E-state index is 0.0241. The maximum absolute atomic E-state index is 5.30. The third-order valence-corrected chi connectivity index (χ3v) is 4.66. The van der Waals surface area contributed by atoms with E-state index in [1.807, 2.05) is 37.6 Å². The van der Waals surface area contributed by atoms with Crippen molar-refractivity contribution in [3.8, 4) is 11.4 Å². The molecule has 0 N–H and O–H groups in total. The van der Waals surface area contributed by atoms with Crippen molar-refractivity contribution in [2.45, 2.75) is 37.6 Å². The van der Waals surface area contributed by atoms with Gasteiger partial charge in [-0.2, -0.15) is 4.98 Å². The molecule has 0 aliphatic heterocycles. The Bertz CT molecular complexity index is 810. The van der Waals surface area contributed by atoms with E-state index in [9.17, 15) is 0 Å². The zero-order valence-electron chi connectivity index (χ0n) is 13.6. The van der Waals surface area contributed by atoms with Gasteiger partial charge >= 0.3 is 0 Å². The Hall–Kier alpha value is -2.15. The predicted octanol–water partition coefficient (Wildman–Crippen LogP) is 3.59. The van der Waals surface area contributed by atoms with Crippen molar-refractivity contribution in [3.63, 3.8) is 0 Å². The van der Waals surface area contributed by atoms with E-state index in [4.69, 9.17) is 4.52 Å². The van der Waals surface area contributed by atoms with Gasteiger partial charge in [-0.15, -0.1) is 10.2 Å². The van der Waals surface area contributed by atoms with E-state index in [1.54, 1.807) is 11.8 Å². The van der Waals surface area contributed by atoms with Gasteiger partial charge < -0.3 is 9.09 Å². The molecule has 1 unspecified atom stereocenters. The maximum Gasteiger partial charge on any atom is 0.239 e. The number of hydrogen-bond acceptors (Lipinski definition) is 6. The van der Waals surface area contributed by atoms with E-state index in [-0.39, 0.29) is 5.25 Å². The molecule has 3 rings (SSSR count). The molecule has 0 saturated carbocycles. The largest absolute Gasteiger partial charge is 0.338 e. The first-order chi connectivity index (χ1) is 11.1. The third-order valence-electron chi connectivity index (χ3n) is 3.54. The van der Waals surface area contributed by atoms with Gasteiger partial charge in [-0.1, -0.05) is 47.6 Å². The second kappa shape index (κ2) is 6.54. The Morgan fingerprint density at radius 1 is 1.30 bits per heavy atom. The summed E-state index contributed by atoms with van der Waals surface area (Å²) >= 11 is 1.56. The summed E-state index contributed by atoms with van der Waals surface area (Å²) in [6.07, 6.45) is 0.766. The summed E-state index contributed by atoms with van der Waals surface area (Å²) in [4.78, 5) is 4.37. The lowest BCUT2D eigenvalue weighted by molar-refractivity contribution is 0.375. The van der Waals surface area contributed by atoms with Crippen LogP contribution in [0.3, 0.4) is 0 Å². The van der Waals surface area contributed by atoms with Crippen molar-refractivity contribution in [2.75, 3.05) is 0 Å². The molecule has 2 heterocycles. The Morgan fingerprint density at radius 2 is 2.13 bits per heavy atom. The highest BCUT2D eigenvalue weighted by atomic mass is 32.2. The van der Waals surface area contributed by atoms with E-state index < -0.39 is 0 Å². The lowest BCUT2D eigenvalue weighted by Crippen LogP contribution is -1.97. The van der Waals surface area contributed by atoms with Crippen LogP contribution in [0.25, 0.3) is 11.4 Å². The van der Waals surface area contributed by atoms with Crippen molar-refractivity contribution in [2.24, 2.45) is 7.05 Å². The Morgan fingerprint density at radius 3 is 2.83 bits per heavy atom. The summed E-state index contributed by atoms with van der Waals surface area (Å²) in [6, 6.07) is 8.24. The number of aromatic nitrogens is 5. The molecule has 0 spiro atoms. The molecule has 1 aromatic carbocycles. The minimum Gasteiger partial charge on any atom is -0.338 e. The molecule has 2 aromatic heterocycles. The molecule has 0 saturated heterocycles. The van der Waals surface area contributed by atoms with Gasteiger partial charge in [0.2, 0.25) is 5.89 Å². The molecular weight excluding hydrogens is 310 g/mol. The minimum absolute atomic E-state index is 0.0241. The highest BCUT2D eigenvalue weighted by molar-refractivity contribution is 7.99. The summed E-state index contributed by atoms with van der Waals surface area (Å²) in [5.74, 6) is 2.20. The highest BCUT2D eigenvalue weighted by Gasteiger charge is 2.19. The fourth-order valence-electron chi connectivity index (χ4n) is 2.24. The summed E-state index contributed by atoms with van der Waals surface area (Å²) in [6.45, 7) is 6.10. The third kappa shape index (κ3) is 3.29. The average Bonchev–Trinajstić information content (AvgIpc) is 3.15. The quantitative estimate of drug-likeness (QED) is 0.666. The number of thioether (sulfide) groups is 1. The molecule has 6 nitrogen and oxygen atoms in total.